The average Bonchev–Trinajstić information content (AvgIpc) is 1.51. The highest BCUT2D eigenvalue weighted by molar-refractivity contribution is 7.47. The average molecular weight is 1350 g/mol. The van der Waals surface area contributed by atoms with Crippen molar-refractivity contribution in [3.8, 4) is 0 Å². The van der Waals surface area contributed by atoms with Crippen molar-refractivity contribution in [3.63, 3.8) is 0 Å². The number of unbranched alkanes of at least 4 members (excludes halogenated alkanes) is 38. The maximum absolute atomic E-state index is 13.1. The molecule has 0 aromatic rings. The minimum Gasteiger partial charge on any atom is -0.462 e. The van der Waals surface area contributed by atoms with Crippen LogP contribution in [-0.2, 0) is 65.4 Å². The van der Waals surface area contributed by atoms with Crippen LogP contribution in [0.15, 0.2) is 0 Å². The number of phosphoric acid groups is 2. The molecule has 0 saturated heterocycles. The first-order chi connectivity index (χ1) is 44.3. The third-order valence-electron chi connectivity index (χ3n) is 17.2. The fourth-order valence-electron chi connectivity index (χ4n) is 11.0. The summed E-state index contributed by atoms with van der Waals surface area (Å²) in [5.74, 6) is 0.0670. The maximum atomic E-state index is 13.1. The summed E-state index contributed by atoms with van der Waals surface area (Å²) >= 11 is 0. The number of hydrogen-bond acceptors (Lipinski definition) is 15. The van der Waals surface area contributed by atoms with Gasteiger partial charge in [0, 0.05) is 25.7 Å². The van der Waals surface area contributed by atoms with E-state index in [1.165, 1.54) is 173 Å². The molecular weight excluding hydrogens is 1210 g/mol. The van der Waals surface area contributed by atoms with E-state index in [4.69, 9.17) is 37.0 Å². The van der Waals surface area contributed by atoms with Crippen LogP contribution in [0.1, 0.15) is 370 Å². The van der Waals surface area contributed by atoms with Gasteiger partial charge in [0.1, 0.15) is 19.3 Å². The normalized spacial score (nSPS) is 14.4. The van der Waals surface area contributed by atoms with Gasteiger partial charge in [0.25, 0.3) is 0 Å². The highest BCUT2D eigenvalue weighted by Gasteiger charge is 2.30. The van der Waals surface area contributed by atoms with E-state index >= 15 is 0 Å². The van der Waals surface area contributed by atoms with Crippen molar-refractivity contribution in [2.45, 2.75) is 388 Å². The Bertz CT molecular complexity index is 1800. The Labute approximate surface area is 562 Å². The molecule has 0 aliphatic heterocycles. The first-order valence-corrected chi connectivity index (χ1v) is 40.9. The monoisotopic (exact) mass is 1350 g/mol. The second kappa shape index (κ2) is 63.8. The van der Waals surface area contributed by atoms with Crippen LogP contribution in [0.3, 0.4) is 0 Å². The van der Waals surface area contributed by atoms with E-state index in [1.54, 1.807) is 0 Å². The summed E-state index contributed by atoms with van der Waals surface area (Å²) in [6, 6.07) is 0. The van der Waals surface area contributed by atoms with E-state index in [0.29, 0.717) is 25.7 Å². The maximum Gasteiger partial charge on any atom is 0.472 e. The molecule has 3 unspecified atom stereocenters. The van der Waals surface area contributed by atoms with Crippen LogP contribution >= 0.6 is 15.6 Å². The number of aliphatic hydroxyl groups excluding tert-OH is 1. The molecule has 92 heavy (non-hydrogen) atoms. The Morgan fingerprint density at radius 1 is 0.315 bits per heavy atom. The van der Waals surface area contributed by atoms with E-state index in [2.05, 4.69) is 48.5 Å². The van der Waals surface area contributed by atoms with Crippen molar-refractivity contribution in [2.75, 3.05) is 39.6 Å². The van der Waals surface area contributed by atoms with Crippen molar-refractivity contribution in [3.05, 3.63) is 0 Å². The number of phosphoric ester groups is 2. The molecule has 0 spiro atoms. The molecule has 0 bridgehead atoms. The van der Waals surface area contributed by atoms with Crippen molar-refractivity contribution in [2.24, 2.45) is 17.8 Å². The van der Waals surface area contributed by atoms with Crippen LogP contribution in [0, 0.1) is 17.8 Å². The Kier molecular flexibility index (Phi) is 62.4. The zero-order chi connectivity index (χ0) is 68.0. The minimum absolute atomic E-state index is 0.103. The lowest BCUT2D eigenvalue weighted by Crippen LogP contribution is -2.30. The molecule has 0 radical (unpaired) electrons. The van der Waals surface area contributed by atoms with E-state index < -0.39 is 97.5 Å². The highest BCUT2D eigenvalue weighted by atomic mass is 31.2. The van der Waals surface area contributed by atoms with Gasteiger partial charge in [-0.15, -0.1) is 0 Å². The van der Waals surface area contributed by atoms with Crippen molar-refractivity contribution < 1.29 is 80.2 Å². The molecule has 19 heteroatoms. The summed E-state index contributed by atoms with van der Waals surface area (Å²) in [4.78, 5) is 72.6. The predicted molar refractivity (Wildman–Crippen MR) is 372 cm³/mol. The lowest BCUT2D eigenvalue weighted by atomic mass is 10.00. The summed E-state index contributed by atoms with van der Waals surface area (Å²) in [6.07, 6.45) is 48.8. The molecule has 3 N–H and O–H groups in total. The van der Waals surface area contributed by atoms with E-state index in [1.807, 2.05) is 0 Å². The van der Waals surface area contributed by atoms with Crippen LogP contribution < -0.4 is 0 Å². The third-order valence-corrected chi connectivity index (χ3v) is 19.1. The molecule has 546 valence electrons. The van der Waals surface area contributed by atoms with Crippen LogP contribution in [0.5, 0.6) is 0 Å². The van der Waals surface area contributed by atoms with Gasteiger partial charge in [0.15, 0.2) is 12.2 Å². The van der Waals surface area contributed by atoms with Crippen LogP contribution in [0.25, 0.3) is 0 Å². The Balaban J connectivity index is 5.22. The predicted octanol–water partition coefficient (Wildman–Crippen LogP) is 21.0. The first-order valence-electron chi connectivity index (χ1n) is 37.9. The number of carbonyl (C=O) groups excluding carboxylic acids is 4. The van der Waals surface area contributed by atoms with Crippen LogP contribution in [0.2, 0.25) is 0 Å². The quantitative estimate of drug-likeness (QED) is 0.0222. The third kappa shape index (κ3) is 65.4. The second-order valence-corrected chi connectivity index (χ2v) is 30.4. The lowest BCUT2D eigenvalue weighted by Gasteiger charge is -2.21. The summed E-state index contributed by atoms with van der Waals surface area (Å²) in [5.41, 5.74) is 0. The Morgan fingerprint density at radius 2 is 0.554 bits per heavy atom. The molecule has 0 aliphatic carbocycles. The van der Waals surface area contributed by atoms with Gasteiger partial charge in [-0.2, -0.15) is 0 Å². The molecule has 0 heterocycles. The zero-order valence-electron chi connectivity index (χ0n) is 60.0. The Morgan fingerprint density at radius 3 is 0.826 bits per heavy atom. The van der Waals surface area contributed by atoms with Gasteiger partial charge in [0.05, 0.1) is 26.4 Å². The van der Waals surface area contributed by atoms with Crippen LogP contribution in [0.4, 0.5) is 0 Å². The minimum atomic E-state index is -4.95. The van der Waals surface area contributed by atoms with Gasteiger partial charge in [-0.1, -0.05) is 318 Å². The fraction of sp³-hybridized carbons (Fsp3) is 0.945. The number of ether oxygens (including phenoxy) is 4. The van der Waals surface area contributed by atoms with Crippen molar-refractivity contribution in [1.82, 2.24) is 0 Å². The highest BCUT2D eigenvalue weighted by Crippen LogP contribution is 2.45. The van der Waals surface area contributed by atoms with Crippen molar-refractivity contribution >= 4 is 39.5 Å². The molecular formula is C73H142O17P2. The number of aliphatic hydroxyl groups is 1. The molecule has 0 saturated carbocycles. The number of hydrogen-bond donors (Lipinski definition) is 3. The summed E-state index contributed by atoms with van der Waals surface area (Å²) in [5, 5.41) is 10.6. The number of esters is 4. The molecule has 0 aromatic heterocycles. The van der Waals surface area contributed by atoms with Gasteiger partial charge < -0.3 is 33.8 Å². The number of carbonyl (C=O) groups is 4. The first kappa shape index (κ1) is 90.1. The number of rotatable bonds is 71. The van der Waals surface area contributed by atoms with E-state index in [9.17, 15) is 43.2 Å². The molecule has 0 aliphatic rings. The second-order valence-electron chi connectivity index (χ2n) is 27.5. The van der Waals surface area contributed by atoms with E-state index in [0.717, 1.165) is 114 Å². The van der Waals surface area contributed by atoms with E-state index in [-0.39, 0.29) is 25.7 Å². The molecule has 6 atom stereocenters. The topological polar surface area (TPSA) is 237 Å². The molecule has 17 nitrogen and oxygen atoms in total. The molecule has 0 amide bonds. The lowest BCUT2D eigenvalue weighted by molar-refractivity contribution is -0.161. The molecule has 0 aromatic carbocycles. The smallest absolute Gasteiger partial charge is 0.462 e. The van der Waals surface area contributed by atoms with Crippen LogP contribution in [-0.4, -0.2) is 96.7 Å². The summed E-state index contributed by atoms with van der Waals surface area (Å²) in [6.45, 7) is 11.8. The fourth-order valence-corrected chi connectivity index (χ4v) is 12.6. The molecule has 0 rings (SSSR count). The summed E-state index contributed by atoms with van der Waals surface area (Å²) in [7, 11) is -9.91. The Hall–Kier alpha value is -1.94. The largest absolute Gasteiger partial charge is 0.472 e. The van der Waals surface area contributed by atoms with Gasteiger partial charge in [0.2, 0.25) is 0 Å². The van der Waals surface area contributed by atoms with Crippen molar-refractivity contribution in [1.29, 1.82) is 0 Å². The van der Waals surface area contributed by atoms with Gasteiger partial charge in [-0.3, -0.25) is 37.3 Å². The van der Waals surface area contributed by atoms with Gasteiger partial charge in [-0.05, 0) is 43.4 Å². The zero-order valence-corrected chi connectivity index (χ0v) is 61.8. The molecule has 0 fully saturated rings. The van der Waals surface area contributed by atoms with Gasteiger partial charge in [-0.25, -0.2) is 9.13 Å². The standard InChI is InChI=1S/C73H142O17P2/c1-8-10-11-12-13-14-15-16-17-18-19-20-21-22-23-26-33-42-49-56-72(77)89-68(60-83-70(75)54-47-40-32-27-24-25-30-37-44-51-64(3)4)62-87-91(79,80)85-58-67(74)59-86-92(81,82)88-63-69(61-84-71(76)55-48-41-36-35-39-46-53-66(7)9-2)90-73(78)57-50-43-34-29-28-31-38-45-52-65(5)6/h64-69,74H,8-63H2,1-7H3,(H,79,80)(H,81,82)/t66?,67-,68-,69-/m1/s1. The SMILES string of the molecule is CCCCCCCCCCCCCCCCCCCCCC(=O)O[C@H](COC(=O)CCCCCCCCCCCC(C)C)COP(=O)(O)OC[C@@H](O)COP(=O)(O)OC[C@@H](COC(=O)CCCCCCCCC(C)CC)OC(=O)CCCCCCCCCCC(C)C. The summed E-state index contributed by atoms with van der Waals surface area (Å²) < 4.78 is 68.4. The van der Waals surface area contributed by atoms with Gasteiger partial charge >= 0.3 is 39.5 Å².